The van der Waals surface area contributed by atoms with Crippen molar-refractivity contribution in [2.75, 3.05) is 26.7 Å². The van der Waals surface area contributed by atoms with Crippen molar-refractivity contribution in [3.63, 3.8) is 0 Å². The van der Waals surface area contributed by atoms with Gasteiger partial charge in [-0.15, -0.1) is 0 Å². The van der Waals surface area contributed by atoms with Crippen LogP contribution in [0.1, 0.15) is 38.5 Å². The highest BCUT2D eigenvalue weighted by Gasteiger charge is 2.39. The summed E-state index contributed by atoms with van der Waals surface area (Å²) in [6, 6.07) is 1.27. The Balaban J connectivity index is 1.57. The van der Waals surface area contributed by atoms with Crippen LogP contribution < -0.4 is 5.73 Å². The van der Waals surface area contributed by atoms with E-state index < -0.39 is 0 Å². The van der Waals surface area contributed by atoms with E-state index in [9.17, 15) is 4.79 Å². The third-order valence-electron chi connectivity index (χ3n) is 5.43. The van der Waals surface area contributed by atoms with Crippen LogP contribution in [0.5, 0.6) is 0 Å². The molecule has 4 nitrogen and oxygen atoms in total. The number of hydrogen-bond donors (Lipinski definition) is 1. The molecule has 2 aliphatic carbocycles. The van der Waals surface area contributed by atoms with Crippen LogP contribution in [0, 0.1) is 11.8 Å². The highest BCUT2D eigenvalue weighted by Crippen LogP contribution is 2.34. The van der Waals surface area contributed by atoms with Gasteiger partial charge in [-0.05, 0) is 44.6 Å². The zero-order valence-electron chi connectivity index (χ0n) is 12.1. The first-order valence-corrected chi connectivity index (χ1v) is 7.91. The molecule has 3 fully saturated rings. The van der Waals surface area contributed by atoms with Crippen LogP contribution in [0.3, 0.4) is 0 Å². The maximum absolute atomic E-state index is 12.6. The Kier molecular flexibility index (Phi) is 3.81. The summed E-state index contributed by atoms with van der Waals surface area (Å²) in [5, 5.41) is 0. The van der Waals surface area contributed by atoms with Crippen LogP contribution in [0.15, 0.2) is 0 Å². The lowest BCUT2D eigenvalue weighted by Gasteiger charge is -2.29. The minimum absolute atomic E-state index is 0.199. The molecule has 1 amide bonds. The lowest BCUT2D eigenvalue weighted by Crippen LogP contribution is -2.44. The molecule has 1 aliphatic heterocycles. The normalized spacial score (nSPS) is 35.8. The molecular weight excluding hydrogens is 238 g/mol. The quantitative estimate of drug-likeness (QED) is 0.827. The molecule has 0 aromatic carbocycles. The Morgan fingerprint density at radius 3 is 2.74 bits per heavy atom. The number of rotatable bonds is 4. The fourth-order valence-electron chi connectivity index (χ4n) is 3.94. The first-order chi connectivity index (χ1) is 9.20. The van der Waals surface area contributed by atoms with Gasteiger partial charge in [0.1, 0.15) is 0 Å². The lowest BCUT2D eigenvalue weighted by atomic mass is 9.94. The van der Waals surface area contributed by atoms with Gasteiger partial charge < -0.3 is 10.6 Å². The van der Waals surface area contributed by atoms with E-state index in [0.29, 0.717) is 24.4 Å². The molecule has 3 aliphatic rings. The minimum atomic E-state index is 0.199. The molecule has 19 heavy (non-hydrogen) atoms. The van der Waals surface area contributed by atoms with E-state index >= 15 is 0 Å². The molecule has 0 spiro atoms. The molecule has 0 aromatic rings. The van der Waals surface area contributed by atoms with Crippen LogP contribution in [-0.2, 0) is 4.79 Å². The summed E-state index contributed by atoms with van der Waals surface area (Å²) in [4.78, 5) is 17.3. The largest absolute Gasteiger partial charge is 0.341 e. The number of carbonyl (C=O) groups is 1. The van der Waals surface area contributed by atoms with Gasteiger partial charge in [0.05, 0.1) is 0 Å². The molecule has 2 saturated carbocycles. The summed E-state index contributed by atoms with van der Waals surface area (Å²) >= 11 is 0. The minimum Gasteiger partial charge on any atom is -0.341 e. The van der Waals surface area contributed by atoms with Crippen molar-refractivity contribution >= 4 is 5.91 Å². The van der Waals surface area contributed by atoms with Crippen molar-refractivity contribution < 1.29 is 4.79 Å². The van der Waals surface area contributed by atoms with Crippen molar-refractivity contribution in [1.29, 1.82) is 0 Å². The van der Waals surface area contributed by atoms with E-state index in [1.807, 2.05) is 11.9 Å². The summed E-state index contributed by atoms with van der Waals surface area (Å²) in [6.45, 7) is 2.94. The SMILES string of the molecule is CN(C(=O)[C@@H]1CCC[C@@H]1CN)C1CCN(C2CC2)C1. The van der Waals surface area contributed by atoms with Crippen molar-refractivity contribution in [2.45, 2.75) is 50.6 Å². The van der Waals surface area contributed by atoms with Crippen molar-refractivity contribution in [2.24, 2.45) is 17.6 Å². The smallest absolute Gasteiger partial charge is 0.226 e. The number of hydrogen-bond acceptors (Lipinski definition) is 3. The standard InChI is InChI=1S/C15H27N3O/c1-17(13-7-8-18(10-13)12-5-6-12)15(19)14-4-2-3-11(14)9-16/h11-14H,2-10,16H2,1H3/t11-,13?,14-/m1/s1. The second kappa shape index (κ2) is 5.41. The molecule has 4 heteroatoms. The Hall–Kier alpha value is -0.610. The first kappa shape index (κ1) is 13.4. The van der Waals surface area contributed by atoms with E-state index in [-0.39, 0.29) is 5.92 Å². The lowest BCUT2D eigenvalue weighted by molar-refractivity contribution is -0.137. The molecule has 1 unspecified atom stereocenters. The molecule has 0 aromatic heterocycles. The number of nitrogens with two attached hydrogens (primary N) is 1. The predicted octanol–water partition coefficient (Wildman–Crippen LogP) is 1.06. The van der Waals surface area contributed by atoms with Crippen molar-refractivity contribution in [3.05, 3.63) is 0 Å². The van der Waals surface area contributed by atoms with Crippen molar-refractivity contribution in [1.82, 2.24) is 9.80 Å². The number of amides is 1. The van der Waals surface area contributed by atoms with E-state index in [0.717, 1.165) is 31.8 Å². The molecule has 0 radical (unpaired) electrons. The second-order valence-corrected chi connectivity index (χ2v) is 6.65. The Labute approximate surface area is 116 Å². The van der Waals surface area contributed by atoms with Gasteiger partial charge in [-0.25, -0.2) is 0 Å². The molecule has 3 atom stereocenters. The molecule has 1 heterocycles. The highest BCUT2D eigenvalue weighted by atomic mass is 16.2. The fourth-order valence-corrected chi connectivity index (χ4v) is 3.94. The Morgan fingerprint density at radius 1 is 1.26 bits per heavy atom. The van der Waals surface area contributed by atoms with Crippen LogP contribution in [-0.4, -0.2) is 54.5 Å². The highest BCUT2D eigenvalue weighted by molar-refractivity contribution is 5.79. The van der Waals surface area contributed by atoms with Gasteiger partial charge in [0.2, 0.25) is 5.91 Å². The fraction of sp³-hybridized carbons (Fsp3) is 0.933. The maximum atomic E-state index is 12.6. The Bertz CT molecular complexity index is 342. The van der Waals surface area contributed by atoms with Crippen LogP contribution in [0.4, 0.5) is 0 Å². The Morgan fingerprint density at radius 2 is 2.05 bits per heavy atom. The molecule has 2 N–H and O–H groups in total. The summed E-state index contributed by atoms with van der Waals surface area (Å²) in [5.41, 5.74) is 5.81. The van der Waals surface area contributed by atoms with Gasteiger partial charge in [0.15, 0.2) is 0 Å². The van der Waals surface area contributed by atoms with E-state index in [2.05, 4.69) is 4.90 Å². The van der Waals surface area contributed by atoms with E-state index in [1.54, 1.807) is 0 Å². The third kappa shape index (κ3) is 2.65. The van der Waals surface area contributed by atoms with E-state index in [1.165, 1.54) is 25.8 Å². The summed E-state index contributed by atoms with van der Waals surface area (Å²) < 4.78 is 0. The third-order valence-corrected chi connectivity index (χ3v) is 5.43. The summed E-state index contributed by atoms with van der Waals surface area (Å²) in [7, 11) is 2.01. The average Bonchev–Trinajstić information content (AvgIpc) is 2.98. The predicted molar refractivity (Wildman–Crippen MR) is 75.7 cm³/mol. The van der Waals surface area contributed by atoms with E-state index in [4.69, 9.17) is 5.73 Å². The summed E-state index contributed by atoms with van der Waals surface area (Å²) in [6.07, 6.45) is 7.23. The first-order valence-electron chi connectivity index (χ1n) is 7.91. The number of carbonyl (C=O) groups excluding carboxylic acids is 1. The van der Waals surface area contributed by atoms with Gasteiger partial charge in [-0.2, -0.15) is 0 Å². The van der Waals surface area contributed by atoms with Crippen LogP contribution in [0.2, 0.25) is 0 Å². The average molecular weight is 265 g/mol. The number of likely N-dealkylation sites (tertiary alicyclic amines) is 1. The van der Waals surface area contributed by atoms with Crippen LogP contribution >= 0.6 is 0 Å². The van der Waals surface area contributed by atoms with Gasteiger partial charge in [-0.1, -0.05) is 6.42 Å². The zero-order valence-corrected chi connectivity index (χ0v) is 12.1. The molecule has 0 bridgehead atoms. The molecule has 3 rings (SSSR count). The molecule has 108 valence electrons. The molecule has 1 saturated heterocycles. The second-order valence-electron chi connectivity index (χ2n) is 6.65. The maximum Gasteiger partial charge on any atom is 0.226 e. The monoisotopic (exact) mass is 265 g/mol. The zero-order chi connectivity index (χ0) is 13.4. The number of likely N-dealkylation sites (N-methyl/N-ethyl adjacent to an activating group) is 1. The van der Waals surface area contributed by atoms with Gasteiger partial charge in [0.25, 0.3) is 0 Å². The van der Waals surface area contributed by atoms with Gasteiger partial charge >= 0.3 is 0 Å². The topological polar surface area (TPSA) is 49.6 Å². The van der Waals surface area contributed by atoms with Crippen LogP contribution in [0.25, 0.3) is 0 Å². The van der Waals surface area contributed by atoms with Crippen molar-refractivity contribution in [3.8, 4) is 0 Å². The number of nitrogens with zero attached hydrogens (tertiary/aromatic N) is 2. The van der Waals surface area contributed by atoms with Gasteiger partial charge in [-0.3, -0.25) is 9.69 Å². The molecular formula is C15H27N3O. The van der Waals surface area contributed by atoms with Gasteiger partial charge in [0, 0.05) is 38.1 Å². The summed E-state index contributed by atoms with van der Waals surface area (Å²) in [5.74, 6) is 0.983.